The van der Waals surface area contributed by atoms with E-state index in [4.69, 9.17) is 10.5 Å². The molecule has 0 aliphatic carbocycles. The molecular weight excluding hydrogens is 239 g/mol. The first kappa shape index (κ1) is 14.0. The highest BCUT2D eigenvalue weighted by Gasteiger charge is 2.09. The van der Waals surface area contributed by atoms with Crippen LogP contribution in [0.25, 0.3) is 0 Å². The van der Waals surface area contributed by atoms with E-state index >= 15 is 0 Å². The minimum atomic E-state index is -0.658. The molecule has 0 aliphatic rings. The van der Waals surface area contributed by atoms with Gasteiger partial charge in [-0.1, -0.05) is 0 Å². The number of amides is 1. The van der Waals surface area contributed by atoms with Gasteiger partial charge in [-0.05, 0) is 24.6 Å². The predicted molar refractivity (Wildman–Crippen MR) is 64.4 cm³/mol. The number of nitrogens with two attached hydrogens (primary N) is 1. The van der Waals surface area contributed by atoms with E-state index in [2.05, 4.69) is 5.32 Å². The van der Waals surface area contributed by atoms with Crippen LogP contribution in [0.3, 0.4) is 0 Å². The molecule has 1 aromatic rings. The molecule has 0 saturated carbocycles. The minimum Gasteiger partial charge on any atom is -0.462 e. The molecule has 0 unspecified atom stereocenters. The van der Waals surface area contributed by atoms with E-state index in [9.17, 15) is 14.0 Å². The summed E-state index contributed by atoms with van der Waals surface area (Å²) < 4.78 is 18.0. The molecule has 1 amide bonds. The van der Waals surface area contributed by atoms with Gasteiger partial charge in [0, 0.05) is 13.5 Å². The number of nitrogens with one attached hydrogen (secondary N) is 1. The number of benzene rings is 1. The van der Waals surface area contributed by atoms with Crippen molar-refractivity contribution in [3.05, 3.63) is 29.6 Å². The first-order valence-electron chi connectivity index (χ1n) is 5.47. The van der Waals surface area contributed by atoms with Crippen LogP contribution in [0.4, 0.5) is 10.1 Å². The molecule has 0 atom stereocenters. The van der Waals surface area contributed by atoms with Gasteiger partial charge in [0.05, 0.1) is 17.9 Å². The molecule has 0 aliphatic heterocycles. The Morgan fingerprint density at radius 1 is 1.44 bits per heavy atom. The number of anilines is 1. The van der Waals surface area contributed by atoms with Crippen LogP contribution in [0.5, 0.6) is 0 Å². The molecule has 0 heterocycles. The van der Waals surface area contributed by atoms with Crippen molar-refractivity contribution in [3.63, 3.8) is 0 Å². The highest BCUT2D eigenvalue weighted by molar-refractivity contribution is 5.89. The fraction of sp³-hybridized carbons (Fsp3) is 0.333. The van der Waals surface area contributed by atoms with Crippen molar-refractivity contribution in [2.45, 2.75) is 12.8 Å². The first-order chi connectivity index (χ1) is 8.54. The molecule has 1 aromatic carbocycles. The van der Waals surface area contributed by atoms with Gasteiger partial charge in [0.2, 0.25) is 5.91 Å². The average molecular weight is 254 g/mol. The van der Waals surface area contributed by atoms with Gasteiger partial charge >= 0.3 is 5.97 Å². The lowest BCUT2D eigenvalue weighted by atomic mass is 10.2. The van der Waals surface area contributed by atoms with Crippen LogP contribution in [0, 0.1) is 5.82 Å². The summed E-state index contributed by atoms with van der Waals surface area (Å²) in [6.07, 6.45) is 0.697. The highest BCUT2D eigenvalue weighted by Crippen LogP contribution is 2.12. The van der Waals surface area contributed by atoms with E-state index < -0.39 is 11.8 Å². The summed E-state index contributed by atoms with van der Waals surface area (Å²) in [6.45, 7) is 0.109. The van der Waals surface area contributed by atoms with Crippen LogP contribution in [-0.4, -0.2) is 25.5 Å². The second kappa shape index (κ2) is 6.58. The van der Waals surface area contributed by atoms with Crippen LogP contribution in [0.1, 0.15) is 23.2 Å². The number of carbonyl (C=O) groups is 2. The number of hydrogen-bond acceptors (Lipinski definition) is 4. The molecule has 0 spiro atoms. The Balaban J connectivity index is 2.41. The van der Waals surface area contributed by atoms with Gasteiger partial charge in [0.25, 0.3) is 0 Å². The van der Waals surface area contributed by atoms with Crippen molar-refractivity contribution < 1.29 is 18.7 Å². The second-order valence-electron chi connectivity index (χ2n) is 3.65. The van der Waals surface area contributed by atoms with Gasteiger partial charge < -0.3 is 15.8 Å². The largest absolute Gasteiger partial charge is 0.462 e. The van der Waals surface area contributed by atoms with Gasteiger partial charge in [0.1, 0.15) is 5.82 Å². The van der Waals surface area contributed by atoms with E-state index in [-0.39, 0.29) is 30.2 Å². The molecule has 3 N–H and O–H groups in total. The fourth-order valence-electron chi connectivity index (χ4n) is 1.26. The zero-order valence-corrected chi connectivity index (χ0v) is 10.0. The quantitative estimate of drug-likeness (QED) is 0.468. The van der Waals surface area contributed by atoms with Gasteiger partial charge in [-0.25, -0.2) is 9.18 Å². The number of ether oxygens (including phenoxy) is 1. The smallest absolute Gasteiger partial charge is 0.338 e. The number of carbonyl (C=O) groups excluding carboxylic acids is 2. The van der Waals surface area contributed by atoms with Crippen LogP contribution in [0.15, 0.2) is 18.2 Å². The van der Waals surface area contributed by atoms with Gasteiger partial charge in [0.15, 0.2) is 0 Å². The molecule has 1 rings (SSSR count). The summed E-state index contributed by atoms with van der Waals surface area (Å²) in [5.41, 5.74) is 5.36. The normalized spacial score (nSPS) is 9.89. The SMILES string of the molecule is CNC(=O)CCCOC(=O)c1ccc(N)c(F)c1. The van der Waals surface area contributed by atoms with Crippen molar-refractivity contribution >= 4 is 17.6 Å². The maximum atomic E-state index is 13.1. The summed E-state index contributed by atoms with van der Waals surface area (Å²) in [4.78, 5) is 22.4. The monoisotopic (exact) mass is 254 g/mol. The lowest BCUT2D eigenvalue weighted by molar-refractivity contribution is -0.120. The Bertz CT molecular complexity index is 449. The third-order valence-electron chi connectivity index (χ3n) is 2.30. The van der Waals surface area contributed by atoms with Crippen molar-refractivity contribution in [3.8, 4) is 0 Å². The average Bonchev–Trinajstić information content (AvgIpc) is 2.37. The first-order valence-corrected chi connectivity index (χ1v) is 5.47. The van der Waals surface area contributed by atoms with Gasteiger partial charge in [-0.3, -0.25) is 4.79 Å². The molecule has 0 radical (unpaired) electrons. The third-order valence-corrected chi connectivity index (χ3v) is 2.30. The van der Waals surface area contributed by atoms with E-state index in [0.717, 1.165) is 6.07 Å². The molecular formula is C12H15FN2O3. The van der Waals surface area contributed by atoms with Crippen LogP contribution < -0.4 is 11.1 Å². The standard InChI is InChI=1S/C12H15FN2O3/c1-15-11(16)3-2-6-18-12(17)8-4-5-10(14)9(13)7-8/h4-5,7H,2-3,6,14H2,1H3,(H,15,16). The predicted octanol–water partition coefficient (Wildman–Crippen LogP) is 1.09. The lowest BCUT2D eigenvalue weighted by Crippen LogP contribution is -2.18. The zero-order valence-electron chi connectivity index (χ0n) is 10.0. The van der Waals surface area contributed by atoms with Crippen molar-refractivity contribution in [2.75, 3.05) is 19.4 Å². The second-order valence-corrected chi connectivity index (χ2v) is 3.65. The summed E-state index contributed by atoms with van der Waals surface area (Å²) in [6, 6.07) is 3.71. The maximum Gasteiger partial charge on any atom is 0.338 e. The number of hydrogen-bond donors (Lipinski definition) is 2. The third kappa shape index (κ3) is 4.04. The van der Waals surface area contributed by atoms with E-state index in [0.29, 0.717) is 6.42 Å². The number of halogens is 1. The van der Waals surface area contributed by atoms with Crippen molar-refractivity contribution in [2.24, 2.45) is 0 Å². The van der Waals surface area contributed by atoms with E-state index in [1.54, 1.807) is 0 Å². The molecule has 0 saturated heterocycles. The molecule has 5 nitrogen and oxygen atoms in total. The fourth-order valence-corrected chi connectivity index (χ4v) is 1.26. The molecule has 0 bridgehead atoms. The van der Waals surface area contributed by atoms with Crippen molar-refractivity contribution in [1.82, 2.24) is 5.32 Å². The Kier molecular flexibility index (Phi) is 5.10. The zero-order chi connectivity index (χ0) is 13.5. The number of nitrogen functional groups attached to an aromatic ring is 1. The summed E-state index contributed by atoms with van der Waals surface area (Å²) in [5, 5.41) is 2.46. The Morgan fingerprint density at radius 2 is 2.17 bits per heavy atom. The summed E-state index contributed by atoms with van der Waals surface area (Å²) >= 11 is 0. The lowest BCUT2D eigenvalue weighted by Gasteiger charge is -2.05. The van der Waals surface area contributed by atoms with Gasteiger partial charge in [-0.2, -0.15) is 0 Å². The number of rotatable bonds is 5. The molecule has 0 fully saturated rings. The van der Waals surface area contributed by atoms with Crippen LogP contribution in [-0.2, 0) is 9.53 Å². The Hall–Kier alpha value is -2.11. The minimum absolute atomic E-state index is 0.0221. The molecule has 98 valence electrons. The van der Waals surface area contributed by atoms with Crippen LogP contribution >= 0.6 is 0 Å². The summed E-state index contributed by atoms with van der Waals surface area (Å²) in [5.74, 6) is -1.41. The van der Waals surface area contributed by atoms with Crippen molar-refractivity contribution in [1.29, 1.82) is 0 Å². The topological polar surface area (TPSA) is 81.4 Å². The molecule has 0 aromatic heterocycles. The molecule has 6 heteroatoms. The van der Waals surface area contributed by atoms with E-state index in [1.165, 1.54) is 19.2 Å². The van der Waals surface area contributed by atoms with Crippen LogP contribution in [0.2, 0.25) is 0 Å². The highest BCUT2D eigenvalue weighted by atomic mass is 19.1. The van der Waals surface area contributed by atoms with Gasteiger partial charge in [-0.15, -0.1) is 0 Å². The van der Waals surface area contributed by atoms with E-state index in [1.807, 2.05) is 0 Å². The maximum absolute atomic E-state index is 13.1. The molecule has 18 heavy (non-hydrogen) atoms. The Labute approximate surface area is 104 Å². The Morgan fingerprint density at radius 3 is 2.78 bits per heavy atom. The summed E-state index contributed by atoms with van der Waals surface area (Å²) in [7, 11) is 1.53. The number of esters is 1.